The molecule has 0 amide bonds. The number of nitrogen functional groups attached to an aromatic ring is 1. The van der Waals surface area contributed by atoms with Gasteiger partial charge >= 0.3 is 0 Å². The highest BCUT2D eigenvalue weighted by Crippen LogP contribution is 2.17. The molecule has 1 heterocycles. The van der Waals surface area contributed by atoms with Crippen LogP contribution in [0.3, 0.4) is 0 Å². The number of hydrogen-bond acceptors (Lipinski definition) is 4. The fourth-order valence-electron chi connectivity index (χ4n) is 1.49. The van der Waals surface area contributed by atoms with E-state index in [1.807, 2.05) is 31.2 Å². The fraction of sp³-hybridized carbons (Fsp3) is 0.167. The zero-order chi connectivity index (χ0) is 11.4. The molecule has 4 nitrogen and oxygen atoms in total. The largest absolute Gasteiger partial charge is 0.399 e. The van der Waals surface area contributed by atoms with Crippen molar-refractivity contribution in [2.45, 2.75) is 13.5 Å². The maximum absolute atomic E-state index is 5.69. The zero-order valence-corrected chi connectivity index (χ0v) is 9.14. The summed E-state index contributed by atoms with van der Waals surface area (Å²) < 4.78 is 0. The fourth-order valence-corrected chi connectivity index (χ4v) is 1.49. The molecular weight excluding hydrogens is 200 g/mol. The van der Waals surface area contributed by atoms with E-state index in [1.54, 1.807) is 12.5 Å². The van der Waals surface area contributed by atoms with E-state index < -0.39 is 0 Å². The van der Waals surface area contributed by atoms with Crippen molar-refractivity contribution in [3.05, 3.63) is 48.0 Å². The number of aryl methyl sites for hydroxylation is 1. The van der Waals surface area contributed by atoms with Crippen molar-refractivity contribution < 1.29 is 0 Å². The Hall–Kier alpha value is -2.10. The van der Waals surface area contributed by atoms with Gasteiger partial charge in [-0.05, 0) is 36.8 Å². The minimum Gasteiger partial charge on any atom is -0.399 e. The smallest absolute Gasteiger partial charge is 0.115 e. The van der Waals surface area contributed by atoms with Gasteiger partial charge in [-0.3, -0.25) is 0 Å². The number of nitrogens with zero attached hydrogens (tertiary/aromatic N) is 2. The van der Waals surface area contributed by atoms with Gasteiger partial charge in [0.25, 0.3) is 0 Å². The highest BCUT2D eigenvalue weighted by atomic mass is 14.9. The SMILES string of the molecule is Cc1cc(N)ccc1NCc1ccncn1. The number of nitrogens with two attached hydrogens (primary N) is 1. The van der Waals surface area contributed by atoms with Crippen molar-refractivity contribution >= 4 is 11.4 Å². The number of hydrogen-bond donors (Lipinski definition) is 2. The number of nitrogens with one attached hydrogen (secondary N) is 1. The van der Waals surface area contributed by atoms with E-state index in [0.717, 1.165) is 22.6 Å². The molecule has 2 aromatic rings. The molecule has 0 aliphatic heterocycles. The predicted octanol–water partition coefficient (Wildman–Crippen LogP) is 1.98. The molecule has 0 aliphatic carbocycles. The van der Waals surface area contributed by atoms with Gasteiger partial charge in [0.05, 0.1) is 12.2 Å². The van der Waals surface area contributed by atoms with Crippen molar-refractivity contribution in [3.8, 4) is 0 Å². The molecule has 3 N–H and O–H groups in total. The lowest BCUT2D eigenvalue weighted by Gasteiger charge is -2.09. The maximum atomic E-state index is 5.69. The first-order valence-electron chi connectivity index (χ1n) is 5.10. The summed E-state index contributed by atoms with van der Waals surface area (Å²) in [7, 11) is 0. The highest BCUT2D eigenvalue weighted by Gasteiger charge is 1.98. The molecule has 0 unspecified atom stereocenters. The van der Waals surface area contributed by atoms with Crippen LogP contribution >= 0.6 is 0 Å². The predicted molar refractivity (Wildman–Crippen MR) is 65.0 cm³/mol. The van der Waals surface area contributed by atoms with Crippen LogP contribution in [0.4, 0.5) is 11.4 Å². The maximum Gasteiger partial charge on any atom is 0.115 e. The summed E-state index contributed by atoms with van der Waals surface area (Å²) in [5.41, 5.74) is 9.64. The quantitative estimate of drug-likeness (QED) is 0.767. The number of benzene rings is 1. The standard InChI is InChI=1S/C12H14N4/c1-9-6-10(13)2-3-12(9)15-7-11-4-5-14-8-16-11/h2-6,8,15H,7,13H2,1H3. The van der Waals surface area contributed by atoms with E-state index in [2.05, 4.69) is 15.3 Å². The summed E-state index contributed by atoms with van der Waals surface area (Å²) in [6, 6.07) is 7.70. The van der Waals surface area contributed by atoms with Crippen LogP contribution in [0, 0.1) is 6.92 Å². The Bertz CT molecular complexity index is 468. The molecule has 2 rings (SSSR count). The summed E-state index contributed by atoms with van der Waals surface area (Å²) in [6.45, 7) is 2.71. The summed E-state index contributed by atoms with van der Waals surface area (Å²) in [5, 5.41) is 3.31. The molecule has 0 saturated heterocycles. The van der Waals surface area contributed by atoms with Crippen LogP contribution in [0.2, 0.25) is 0 Å². The van der Waals surface area contributed by atoms with Crippen LogP contribution in [0.5, 0.6) is 0 Å². The molecule has 4 heteroatoms. The summed E-state index contributed by atoms with van der Waals surface area (Å²) in [5.74, 6) is 0. The number of anilines is 2. The summed E-state index contributed by atoms with van der Waals surface area (Å²) >= 11 is 0. The minimum absolute atomic E-state index is 0.688. The minimum atomic E-state index is 0.688. The van der Waals surface area contributed by atoms with Crippen LogP contribution < -0.4 is 11.1 Å². The van der Waals surface area contributed by atoms with Gasteiger partial charge in [0.15, 0.2) is 0 Å². The lowest BCUT2D eigenvalue weighted by Crippen LogP contribution is -2.03. The molecule has 16 heavy (non-hydrogen) atoms. The normalized spacial score (nSPS) is 10.1. The van der Waals surface area contributed by atoms with Crippen LogP contribution in [0.1, 0.15) is 11.3 Å². The Morgan fingerprint density at radius 3 is 2.88 bits per heavy atom. The van der Waals surface area contributed by atoms with Crippen molar-refractivity contribution in [2.24, 2.45) is 0 Å². The van der Waals surface area contributed by atoms with Crippen LogP contribution in [0.15, 0.2) is 36.8 Å². The highest BCUT2D eigenvalue weighted by molar-refractivity contribution is 5.57. The topological polar surface area (TPSA) is 63.8 Å². The van der Waals surface area contributed by atoms with Gasteiger partial charge in [0.1, 0.15) is 6.33 Å². The van der Waals surface area contributed by atoms with E-state index >= 15 is 0 Å². The van der Waals surface area contributed by atoms with Crippen LogP contribution in [-0.2, 0) is 6.54 Å². The lowest BCUT2D eigenvalue weighted by atomic mass is 10.2. The van der Waals surface area contributed by atoms with Gasteiger partial charge in [-0.15, -0.1) is 0 Å². The van der Waals surface area contributed by atoms with E-state index in [9.17, 15) is 0 Å². The van der Waals surface area contributed by atoms with Gasteiger partial charge in [0, 0.05) is 17.6 Å². The third-order valence-electron chi connectivity index (χ3n) is 2.35. The average Bonchev–Trinajstić information content (AvgIpc) is 2.29. The van der Waals surface area contributed by atoms with E-state index in [1.165, 1.54) is 0 Å². The van der Waals surface area contributed by atoms with Crippen LogP contribution in [-0.4, -0.2) is 9.97 Å². The Kier molecular flexibility index (Phi) is 3.00. The Balaban J connectivity index is 2.05. The molecule has 0 saturated carbocycles. The average molecular weight is 214 g/mol. The van der Waals surface area contributed by atoms with Gasteiger partial charge < -0.3 is 11.1 Å². The monoisotopic (exact) mass is 214 g/mol. The van der Waals surface area contributed by atoms with Crippen LogP contribution in [0.25, 0.3) is 0 Å². The molecule has 0 fully saturated rings. The second-order valence-corrected chi connectivity index (χ2v) is 3.63. The molecule has 0 aliphatic rings. The van der Waals surface area contributed by atoms with Gasteiger partial charge in [-0.1, -0.05) is 0 Å². The van der Waals surface area contributed by atoms with E-state index in [4.69, 9.17) is 5.73 Å². The number of rotatable bonds is 3. The Morgan fingerprint density at radius 1 is 1.31 bits per heavy atom. The molecule has 0 radical (unpaired) electrons. The molecule has 0 atom stereocenters. The third-order valence-corrected chi connectivity index (χ3v) is 2.35. The Morgan fingerprint density at radius 2 is 2.19 bits per heavy atom. The summed E-state index contributed by atoms with van der Waals surface area (Å²) in [4.78, 5) is 8.02. The second-order valence-electron chi connectivity index (χ2n) is 3.63. The van der Waals surface area contributed by atoms with Crippen molar-refractivity contribution in [3.63, 3.8) is 0 Å². The second kappa shape index (κ2) is 4.61. The molecule has 1 aromatic carbocycles. The molecule has 82 valence electrons. The van der Waals surface area contributed by atoms with Gasteiger partial charge in [-0.25, -0.2) is 9.97 Å². The molecule has 0 spiro atoms. The van der Waals surface area contributed by atoms with Crippen molar-refractivity contribution in [1.82, 2.24) is 9.97 Å². The zero-order valence-electron chi connectivity index (χ0n) is 9.14. The van der Waals surface area contributed by atoms with Crippen molar-refractivity contribution in [1.29, 1.82) is 0 Å². The Labute approximate surface area is 94.5 Å². The van der Waals surface area contributed by atoms with E-state index in [0.29, 0.717) is 6.54 Å². The van der Waals surface area contributed by atoms with Gasteiger partial charge in [-0.2, -0.15) is 0 Å². The van der Waals surface area contributed by atoms with Crippen molar-refractivity contribution in [2.75, 3.05) is 11.1 Å². The number of aromatic nitrogens is 2. The molecule has 1 aromatic heterocycles. The van der Waals surface area contributed by atoms with Gasteiger partial charge in [0.2, 0.25) is 0 Å². The molecular formula is C12H14N4. The third kappa shape index (κ3) is 2.48. The molecule has 0 bridgehead atoms. The summed E-state index contributed by atoms with van der Waals surface area (Å²) in [6.07, 6.45) is 3.28. The lowest BCUT2D eigenvalue weighted by molar-refractivity contribution is 1.00. The first-order chi connectivity index (χ1) is 7.75. The first kappa shape index (κ1) is 10.4. The van der Waals surface area contributed by atoms with E-state index in [-0.39, 0.29) is 0 Å². The first-order valence-corrected chi connectivity index (χ1v) is 5.10.